The Morgan fingerprint density at radius 1 is 1.33 bits per heavy atom. The summed E-state index contributed by atoms with van der Waals surface area (Å²) in [5, 5.41) is 1.46. The van der Waals surface area contributed by atoms with Crippen LogP contribution in [0.5, 0.6) is 0 Å². The molecule has 15 heavy (non-hydrogen) atoms. The highest BCUT2D eigenvalue weighted by Gasteiger charge is 2.13. The van der Waals surface area contributed by atoms with Crippen LogP contribution in [0.1, 0.15) is 25.8 Å². The first kappa shape index (κ1) is 12.8. The fourth-order valence-corrected chi connectivity index (χ4v) is 1.85. The first-order chi connectivity index (χ1) is 7.04. The number of hydrogen-bond donors (Lipinski definition) is 1. The van der Waals surface area contributed by atoms with E-state index < -0.39 is 0 Å². The second-order valence-electron chi connectivity index (χ2n) is 3.99. The topological polar surface area (TPSA) is 26.0 Å². The van der Waals surface area contributed by atoms with E-state index in [2.05, 4.69) is 13.8 Å². The van der Waals surface area contributed by atoms with Crippen LogP contribution in [-0.2, 0) is 6.42 Å². The first-order valence-corrected chi connectivity index (χ1v) is 5.99. The average Bonchev–Trinajstić information content (AvgIpc) is 2.22. The molecule has 0 amide bonds. The maximum absolute atomic E-state index is 6.08. The maximum atomic E-state index is 6.08. The van der Waals surface area contributed by atoms with Crippen molar-refractivity contribution in [2.75, 3.05) is 0 Å². The lowest BCUT2D eigenvalue weighted by atomic mass is 9.94. The fourth-order valence-electron chi connectivity index (χ4n) is 1.46. The summed E-state index contributed by atoms with van der Waals surface area (Å²) < 4.78 is 0. The summed E-state index contributed by atoms with van der Waals surface area (Å²) in [7, 11) is 0. The minimum Gasteiger partial charge on any atom is -0.327 e. The van der Waals surface area contributed by atoms with E-state index in [4.69, 9.17) is 28.9 Å². The zero-order valence-corrected chi connectivity index (χ0v) is 10.6. The molecule has 0 radical (unpaired) electrons. The van der Waals surface area contributed by atoms with Crippen molar-refractivity contribution in [3.8, 4) is 0 Å². The first-order valence-electron chi connectivity index (χ1n) is 5.24. The third-order valence-corrected chi connectivity index (χ3v) is 3.44. The van der Waals surface area contributed by atoms with Crippen LogP contribution in [0, 0.1) is 5.92 Å². The molecular weight excluding hydrogens is 229 g/mol. The van der Waals surface area contributed by atoms with Gasteiger partial charge in [0, 0.05) is 16.1 Å². The predicted molar refractivity (Wildman–Crippen MR) is 67.6 cm³/mol. The minimum absolute atomic E-state index is 0.144. The van der Waals surface area contributed by atoms with Gasteiger partial charge >= 0.3 is 0 Å². The highest BCUT2D eigenvalue weighted by Crippen LogP contribution is 2.23. The van der Waals surface area contributed by atoms with E-state index in [9.17, 15) is 0 Å². The van der Waals surface area contributed by atoms with Crippen molar-refractivity contribution in [2.24, 2.45) is 11.7 Å². The second kappa shape index (κ2) is 5.74. The van der Waals surface area contributed by atoms with Gasteiger partial charge in [-0.1, -0.05) is 43.5 Å². The molecule has 2 N–H and O–H groups in total. The van der Waals surface area contributed by atoms with Gasteiger partial charge in [-0.15, -0.1) is 0 Å². The predicted octanol–water partition coefficient (Wildman–Crippen LogP) is 3.91. The van der Waals surface area contributed by atoms with Gasteiger partial charge in [0.2, 0.25) is 0 Å². The summed E-state index contributed by atoms with van der Waals surface area (Å²) in [6.45, 7) is 4.30. The van der Waals surface area contributed by atoms with Crippen molar-refractivity contribution in [3.63, 3.8) is 0 Å². The van der Waals surface area contributed by atoms with E-state index in [1.54, 1.807) is 6.07 Å². The summed E-state index contributed by atoms with van der Waals surface area (Å²) in [5.41, 5.74) is 7.12. The number of benzene rings is 1. The summed E-state index contributed by atoms with van der Waals surface area (Å²) in [4.78, 5) is 0. The smallest absolute Gasteiger partial charge is 0.0439 e. The van der Waals surface area contributed by atoms with Crippen LogP contribution in [0.2, 0.25) is 10.0 Å². The third-order valence-electron chi connectivity index (χ3n) is 2.84. The number of hydrogen-bond acceptors (Lipinski definition) is 1. The molecule has 0 fully saturated rings. The molecular formula is C12H17Cl2N. The van der Waals surface area contributed by atoms with E-state index in [-0.39, 0.29) is 6.04 Å². The van der Waals surface area contributed by atoms with Crippen LogP contribution in [0.3, 0.4) is 0 Å². The molecule has 0 aliphatic heterocycles. The van der Waals surface area contributed by atoms with E-state index in [0.717, 1.165) is 23.4 Å². The molecule has 0 bridgehead atoms. The van der Waals surface area contributed by atoms with Crippen LogP contribution < -0.4 is 5.73 Å². The molecule has 84 valence electrons. The monoisotopic (exact) mass is 245 g/mol. The number of nitrogens with two attached hydrogens (primary N) is 1. The molecule has 0 saturated heterocycles. The molecule has 0 aliphatic carbocycles. The molecule has 0 saturated carbocycles. The minimum atomic E-state index is 0.144. The molecule has 1 aromatic rings. The standard InChI is InChI=1S/C12H17Cl2N/c1-3-8(2)12(15)7-9-6-10(13)4-5-11(9)14/h4-6,8,12H,3,7,15H2,1-2H3. The van der Waals surface area contributed by atoms with Gasteiger partial charge in [-0.3, -0.25) is 0 Å². The van der Waals surface area contributed by atoms with Gasteiger partial charge in [0.15, 0.2) is 0 Å². The molecule has 0 spiro atoms. The lowest BCUT2D eigenvalue weighted by Crippen LogP contribution is -2.30. The quantitative estimate of drug-likeness (QED) is 0.856. The van der Waals surface area contributed by atoms with E-state index in [0.29, 0.717) is 10.9 Å². The van der Waals surface area contributed by atoms with Crippen LogP contribution in [0.25, 0.3) is 0 Å². The average molecular weight is 246 g/mol. The Morgan fingerprint density at radius 3 is 2.60 bits per heavy atom. The van der Waals surface area contributed by atoms with Gasteiger partial charge in [-0.25, -0.2) is 0 Å². The van der Waals surface area contributed by atoms with Crippen molar-refractivity contribution < 1.29 is 0 Å². The fraction of sp³-hybridized carbons (Fsp3) is 0.500. The van der Waals surface area contributed by atoms with E-state index >= 15 is 0 Å². The molecule has 0 aliphatic rings. The van der Waals surface area contributed by atoms with E-state index in [1.807, 2.05) is 12.1 Å². The largest absolute Gasteiger partial charge is 0.327 e. The lowest BCUT2D eigenvalue weighted by Gasteiger charge is -2.18. The van der Waals surface area contributed by atoms with Gasteiger partial charge in [0.25, 0.3) is 0 Å². The van der Waals surface area contributed by atoms with Gasteiger partial charge in [0.05, 0.1) is 0 Å². The normalized spacial score (nSPS) is 15.0. The van der Waals surface area contributed by atoms with Crippen LogP contribution in [0.4, 0.5) is 0 Å². The molecule has 3 heteroatoms. The Hall–Kier alpha value is -0.240. The van der Waals surface area contributed by atoms with Crippen molar-refractivity contribution in [1.29, 1.82) is 0 Å². The van der Waals surface area contributed by atoms with Crippen LogP contribution in [0.15, 0.2) is 18.2 Å². The van der Waals surface area contributed by atoms with Gasteiger partial charge in [0.1, 0.15) is 0 Å². The van der Waals surface area contributed by atoms with Gasteiger partial charge in [-0.05, 0) is 36.1 Å². The highest BCUT2D eigenvalue weighted by molar-refractivity contribution is 6.33. The van der Waals surface area contributed by atoms with Crippen molar-refractivity contribution >= 4 is 23.2 Å². The van der Waals surface area contributed by atoms with Crippen molar-refractivity contribution in [3.05, 3.63) is 33.8 Å². The Balaban J connectivity index is 2.75. The second-order valence-corrected chi connectivity index (χ2v) is 4.83. The highest BCUT2D eigenvalue weighted by atomic mass is 35.5. The van der Waals surface area contributed by atoms with Crippen LogP contribution >= 0.6 is 23.2 Å². The number of rotatable bonds is 4. The van der Waals surface area contributed by atoms with Crippen molar-refractivity contribution in [1.82, 2.24) is 0 Å². The van der Waals surface area contributed by atoms with Crippen molar-refractivity contribution in [2.45, 2.75) is 32.7 Å². The zero-order chi connectivity index (χ0) is 11.4. The molecule has 1 nitrogen and oxygen atoms in total. The summed E-state index contributed by atoms with van der Waals surface area (Å²) in [6, 6.07) is 5.66. The zero-order valence-electron chi connectivity index (χ0n) is 9.13. The summed E-state index contributed by atoms with van der Waals surface area (Å²) in [5.74, 6) is 0.500. The molecule has 0 aromatic heterocycles. The molecule has 0 heterocycles. The molecule has 2 unspecified atom stereocenters. The van der Waals surface area contributed by atoms with Gasteiger partial charge < -0.3 is 5.73 Å². The van der Waals surface area contributed by atoms with E-state index in [1.165, 1.54) is 0 Å². The lowest BCUT2D eigenvalue weighted by molar-refractivity contribution is 0.440. The maximum Gasteiger partial charge on any atom is 0.0439 e. The molecule has 1 aromatic carbocycles. The SMILES string of the molecule is CCC(C)C(N)Cc1cc(Cl)ccc1Cl. The molecule has 1 rings (SSSR count). The van der Waals surface area contributed by atoms with Gasteiger partial charge in [-0.2, -0.15) is 0 Å². The third kappa shape index (κ3) is 3.67. The summed E-state index contributed by atoms with van der Waals surface area (Å²) in [6.07, 6.45) is 1.87. The number of halogens is 2. The van der Waals surface area contributed by atoms with Crippen LogP contribution in [-0.4, -0.2) is 6.04 Å². The Labute approximate surface area is 102 Å². The Kier molecular flexibility index (Phi) is 4.91. The Bertz CT molecular complexity index is 325. The Morgan fingerprint density at radius 2 is 2.00 bits per heavy atom. The molecule has 2 atom stereocenters. The summed E-state index contributed by atoms with van der Waals surface area (Å²) >= 11 is 12.0.